The molecule has 2 fully saturated rings. The van der Waals surface area contributed by atoms with E-state index in [1.54, 1.807) is 16.4 Å². The van der Waals surface area contributed by atoms with Gasteiger partial charge in [0.15, 0.2) is 0 Å². The first-order chi connectivity index (χ1) is 15.5. The Morgan fingerprint density at radius 1 is 1.09 bits per heavy atom. The van der Waals surface area contributed by atoms with E-state index in [4.69, 9.17) is 0 Å². The maximum Gasteiger partial charge on any atom is 0.243 e. The van der Waals surface area contributed by atoms with Gasteiger partial charge in [0.05, 0.1) is 17.0 Å². The highest BCUT2D eigenvalue weighted by molar-refractivity contribution is 7.89. The molecule has 1 aliphatic heterocycles. The number of carbonyl (C=O) groups is 1. The Labute approximate surface area is 190 Å². The Hall–Kier alpha value is -2.43. The van der Waals surface area contributed by atoms with Crippen molar-refractivity contribution in [2.75, 3.05) is 13.1 Å². The lowest BCUT2D eigenvalue weighted by Crippen LogP contribution is -2.28. The second-order valence-corrected chi connectivity index (χ2v) is 10.9. The lowest BCUT2D eigenvalue weighted by Gasteiger charge is -2.23. The van der Waals surface area contributed by atoms with Crippen LogP contribution in [0.4, 0.5) is 0 Å². The van der Waals surface area contributed by atoms with Crippen molar-refractivity contribution in [1.29, 1.82) is 5.26 Å². The smallest absolute Gasteiger partial charge is 0.243 e. The van der Waals surface area contributed by atoms with Crippen LogP contribution in [-0.2, 0) is 27.8 Å². The van der Waals surface area contributed by atoms with Crippen LogP contribution in [0, 0.1) is 18.3 Å². The summed E-state index contributed by atoms with van der Waals surface area (Å²) in [7, 11) is -3.57. The van der Waals surface area contributed by atoms with Crippen LogP contribution in [0.2, 0.25) is 0 Å². The van der Waals surface area contributed by atoms with Gasteiger partial charge in [0.2, 0.25) is 10.0 Å². The van der Waals surface area contributed by atoms with Gasteiger partial charge in [0.1, 0.15) is 12.4 Å². The fourth-order valence-electron chi connectivity index (χ4n) is 5.42. The third-order valence-electron chi connectivity index (χ3n) is 7.07. The van der Waals surface area contributed by atoms with Crippen LogP contribution in [0.5, 0.6) is 0 Å². The van der Waals surface area contributed by atoms with Crippen molar-refractivity contribution in [2.45, 2.75) is 75.6 Å². The number of hydrogen-bond donors (Lipinski definition) is 0. The maximum absolute atomic E-state index is 13.3. The first kappa shape index (κ1) is 22.8. The fourth-order valence-corrected chi connectivity index (χ4v) is 7.16. The maximum atomic E-state index is 13.3. The van der Waals surface area contributed by atoms with Crippen LogP contribution in [0.1, 0.15) is 78.9 Å². The largest absolute Gasteiger partial charge is 0.340 e. The van der Waals surface area contributed by atoms with Crippen molar-refractivity contribution in [3.8, 4) is 6.07 Å². The van der Waals surface area contributed by atoms with Crippen LogP contribution >= 0.6 is 0 Å². The van der Waals surface area contributed by atoms with E-state index in [2.05, 4.69) is 6.07 Å². The van der Waals surface area contributed by atoms with Gasteiger partial charge in [-0.2, -0.15) is 9.57 Å². The molecule has 6 nitrogen and oxygen atoms in total. The normalized spacial score (nSPS) is 18.0. The van der Waals surface area contributed by atoms with Crippen LogP contribution in [0.3, 0.4) is 0 Å². The number of aldehydes is 1. The van der Waals surface area contributed by atoms with Crippen LogP contribution < -0.4 is 0 Å². The highest BCUT2D eigenvalue weighted by Crippen LogP contribution is 2.38. The zero-order valence-corrected chi connectivity index (χ0v) is 19.5. The van der Waals surface area contributed by atoms with Gasteiger partial charge in [-0.1, -0.05) is 37.5 Å². The lowest BCUT2D eigenvalue weighted by atomic mass is 9.85. The molecule has 2 aromatic rings. The molecule has 7 heteroatoms. The molecule has 1 aliphatic carbocycles. The van der Waals surface area contributed by atoms with Gasteiger partial charge >= 0.3 is 0 Å². The molecule has 0 amide bonds. The summed E-state index contributed by atoms with van der Waals surface area (Å²) in [5, 5.41) is 10.1. The molecule has 0 spiro atoms. The average molecular weight is 454 g/mol. The standard InChI is InChI=1S/C25H31N3O3S/c1-19-22(23(18-26)25(28(19)15-16-29)20-9-3-2-4-10-20)17-21-11-5-6-12-24(21)32(30,31)27-13-7-8-14-27/h5-6,11-12,16,20H,2-4,7-10,13-15,17H2,1H3. The Bertz CT molecular complexity index is 1130. The minimum Gasteiger partial charge on any atom is -0.340 e. The quantitative estimate of drug-likeness (QED) is 0.586. The topological polar surface area (TPSA) is 83.2 Å². The number of nitriles is 1. The second kappa shape index (κ2) is 9.60. The highest BCUT2D eigenvalue weighted by Gasteiger charge is 2.31. The summed E-state index contributed by atoms with van der Waals surface area (Å²) in [4.78, 5) is 11.8. The van der Waals surface area contributed by atoms with Gasteiger partial charge in [-0.05, 0) is 49.8 Å². The summed E-state index contributed by atoms with van der Waals surface area (Å²) in [5.41, 5.74) is 4.04. The Morgan fingerprint density at radius 3 is 2.44 bits per heavy atom. The summed E-state index contributed by atoms with van der Waals surface area (Å²) in [6.07, 6.45) is 8.55. The summed E-state index contributed by atoms with van der Waals surface area (Å²) in [6, 6.07) is 9.55. The van der Waals surface area contributed by atoms with Crippen molar-refractivity contribution in [3.63, 3.8) is 0 Å². The number of aromatic nitrogens is 1. The van der Waals surface area contributed by atoms with E-state index in [0.29, 0.717) is 35.5 Å². The average Bonchev–Trinajstić information content (AvgIpc) is 3.44. The number of nitrogens with zero attached hydrogens (tertiary/aromatic N) is 3. The molecule has 1 aromatic heterocycles. The van der Waals surface area contributed by atoms with Crippen molar-refractivity contribution in [2.24, 2.45) is 0 Å². The summed E-state index contributed by atoms with van der Waals surface area (Å²) in [6.45, 7) is 3.28. The van der Waals surface area contributed by atoms with E-state index in [-0.39, 0.29) is 12.5 Å². The Balaban J connectivity index is 1.79. The van der Waals surface area contributed by atoms with Gasteiger partial charge in [-0.3, -0.25) is 0 Å². The fraction of sp³-hybridized carbons (Fsp3) is 0.520. The van der Waals surface area contributed by atoms with E-state index >= 15 is 0 Å². The van der Waals surface area contributed by atoms with Crippen LogP contribution in [-0.4, -0.2) is 36.7 Å². The van der Waals surface area contributed by atoms with E-state index in [1.807, 2.05) is 23.6 Å². The number of sulfonamides is 1. The molecule has 0 bridgehead atoms. The molecule has 4 rings (SSSR count). The highest BCUT2D eigenvalue weighted by atomic mass is 32.2. The number of rotatable bonds is 7. The number of hydrogen-bond acceptors (Lipinski definition) is 4. The molecule has 0 unspecified atom stereocenters. The van der Waals surface area contributed by atoms with Crippen molar-refractivity contribution >= 4 is 16.3 Å². The monoisotopic (exact) mass is 453 g/mol. The van der Waals surface area contributed by atoms with Gasteiger partial charge < -0.3 is 9.36 Å². The number of carbonyl (C=O) groups excluding carboxylic acids is 1. The third-order valence-corrected chi connectivity index (χ3v) is 9.07. The minimum atomic E-state index is -3.57. The van der Waals surface area contributed by atoms with Gasteiger partial charge in [-0.25, -0.2) is 8.42 Å². The molecule has 1 saturated heterocycles. The molecular weight excluding hydrogens is 422 g/mol. The van der Waals surface area contributed by atoms with E-state index < -0.39 is 10.0 Å². The Kier molecular flexibility index (Phi) is 6.82. The summed E-state index contributed by atoms with van der Waals surface area (Å²) in [5.74, 6) is 0.273. The van der Waals surface area contributed by atoms with Crippen molar-refractivity contribution in [1.82, 2.24) is 8.87 Å². The van der Waals surface area contributed by atoms with Crippen LogP contribution in [0.15, 0.2) is 29.2 Å². The van der Waals surface area contributed by atoms with E-state index in [0.717, 1.165) is 61.8 Å². The molecule has 1 saturated carbocycles. The lowest BCUT2D eigenvalue weighted by molar-refractivity contribution is -0.108. The number of benzene rings is 1. The van der Waals surface area contributed by atoms with Crippen molar-refractivity contribution < 1.29 is 13.2 Å². The van der Waals surface area contributed by atoms with E-state index in [9.17, 15) is 18.5 Å². The first-order valence-corrected chi connectivity index (χ1v) is 13.1. The SMILES string of the molecule is Cc1c(Cc2ccccc2S(=O)(=O)N2CCCC2)c(C#N)c(C2CCCCC2)n1CC=O. The zero-order chi connectivity index (χ0) is 22.7. The summed E-state index contributed by atoms with van der Waals surface area (Å²) >= 11 is 0. The van der Waals surface area contributed by atoms with Gasteiger partial charge in [0, 0.05) is 36.8 Å². The molecule has 32 heavy (non-hydrogen) atoms. The molecular formula is C25H31N3O3S. The second-order valence-electron chi connectivity index (χ2n) is 8.94. The predicted octanol–water partition coefficient (Wildman–Crippen LogP) is 4.29. The summed E-state index contributed by atoms with van der Waals surface area (Å²) < 4.78 is 30.2. The molecule has 0 atom stereocenters. The van der Waals surface area contributed by atoms with Gasteiger partial charge in [0.25, 0.3) is 0 Å². The molecule has 0 radical (unpaired) electrons. The third kappa shape index (κ3) is 4.14. The van der Waals surface area contributed by atoms with Gasteiger partial charge in [-0.15, -0.1) is 0 Å². The molecule has 2 aliphatic rings. The molecule has 170 valence electrons. The van der Waals surface area contributed by atoms with E-state index in [1.165, 1.54) is 6.42 Å². The molecule has 1 aromatic carbocycles. The predicted molar refractivity (Wildman–Crippen MR) is 123 cm³/mol. The first-order valence-electron chi connectivity index (χ1n) is 11.6. The molecule has 2 heterocycles. The van der Waals surface area contributed by atoms with Crippen LogP contribution in [0.25, 0.3) is 0 Å². The van der Waals surface area contributed by atoms with Crippen molar-refractivity contribution in [3.05, 3.63) is 52.3 Å². The zero-order valence-electron chi connectivity index (χ0n) is 18.7. The Morgan fingerprint density at radius 2 is 1.78 bits per heavy atom. The molecule has 0 N–H and O–H groups in total. The minimum absolute atomic E-state index is 0.222.